The van der Waals surface area contributed by atoms with Crippen LogP contribution in [0.2, 0.25) is 0 Å². The summed E-state index contributed by atoms with van der Waals surface area (Å²) in [6, 6.07) is 0.357. The lowest BCUT2D eigenvalue weighted by molar-refractivity contribution is -0.116. The number of nitrogens with zero attached hydrogens (tertiary/aromatic N) is 2. The minimum Gasteiger partial charge on any atom is -0.368 e. The molecule has 0 aromatic carbocycles. The Hall–Kier alpha value is -1.42. The summed E-state index contributed by atoms with van der Waals surface area (Å²) in [5.74, 6) is -0.0992. The van der Waals surface area contributed by atoms with E-state index in [1.165, 1.54) is 12.2 Å². The summed E-state index contributed by atoms with van der Waals surface area (Å²) < 4.78 is 0. The van der Waals surface area contributed by atoms with Crippen molar-refractivity contribution >= 4 is 11.6 Å². The Labute approximate surface area is 108 Å². The van der Waals surface area contributed by atoms with Crippen LogP contribution in [0.4, 0.5) is 0 Å². The Morgan fingerprint density at radius 3 is 2.39 bits per heavy atom. The van der Waals surface area contributed by atoms with Gasteiger partial charge in [0.25, 0.3) is 0 Å². The Morgan fingerprint density at radius 2 is 1.78 bits per heavy atom. The van der Waals surface area contributed by atoms with Gasteiger partial charge < -0.3 is 9.80 Å². The average molecular weight is 248 g/mol. The maximum absolute atomic E-state index is 11.9. The number of hydrogen-bond acceptors (Lipinski definition) is 4. The van der Waals surface area contributed by atoms with E-state index in [4.69, 9.17) is 0 Å². The van der Waals surface area contributed by atoms with Crippen LogP contribution in [0.5, 0.6) is 0 Å². The monoisotopic (exact) mass is 248 g/mol. The van der Waals surface area contributed by atoms with Crippen molar-refractivity contribution in [3.05, 3.63) is 23.4 Å². The molecule has 4 nitrogen and oxygen atoms in total. The van der Waals surface area contributed by atoms with Crippen LogP contribution in [0.25, 0.3) is 0 Å². The molecule has 0 unspecified atom stereocenters. The Morgan fingerprint density at radius 1 is 1.17 bits per heavy atom. The van der Waals surface area contributed by atoms with Crippen molar-refractivity contribution in [2.45, 2.75) is 25.8 Å². The van der Waals surface area contributed by atoms with Gasteiger partial charge in [0.15, 0.2) is 5.78 Å². The van der Waals surface area contributed by atoms with Gasteiger partial charge in [-0.2, -0.15) is 0 Å². The van der Waals surface area contributed by atoms with Crippen molar-refractivity contribution in [2.24, 2.45) is 0 Å². The molecule has 0 aromatic heterocycles. The van der Waals surface area contributed by atoms with Gasteiger partial charge in [-0.15, -0.1) is 0 Å². The predicted molar refractivity (Wildman–Crippen MR) is 70.1 cm³/mol. The van der Waals surface area contributed by atoms with Crippen LogP contribution in [0.15, 0.2) is 23.4 Å². The average Bonchev–Trinajstić information content (AvgIpc) is 2.34. The SMILES string of the molecule is CC1=CC(=O)C(N(C)C2CCN(C)CC2)=CC1=O. The standard InChI is InChI=1S/C14H20N2O2/c1-10-8-14(18)12(9-13(10)17)16(3)11-4-6-15(2)7-5-11/h8-9,11H,4-7H2,1-3H3. The third-order valence-electron chi connectivity index (χ3n) is 3.87. The molecule has 1 aliphatic heterocycles. The number of carbonyl (C=O) groups excluding carboxylic acids is 2. The van der Waals surface area contributed by atoms with Crippen LogP contribution >= 0.6 is 0 Å². The quantitative estimate of drug-likeness (QED) is 0.683. The number of likely N-dealkylation sites (N-methyl/N-ethyl adjacent to an activating group) is 1. The van der Waals surface area contributed by atoms with E-state index in [0.717, 1.165) is 25.9 Å². The van der Waals surface area contributed by atoms with Crippen LogP contribution in [0, 0.1) is 0 Å². The molecular formula is C14H20N2O2. The van der Waals surface area contributed by atoms with Crippen molar-refractivity contribution < 1.29 is 9.59 Å². The zero-order valence-corrected chi connectivity index (χ0v) is 11.3. The number of rotatable bonds is 2. The zero-order chi connectivity index (χ0) is 13.3. The lowest BCUT2D eigenvalue weighted by Crippen LogP contribution is -2.43. The number of allylic oxidation sites excluding steroid dienone is 3. The number of piperidine rings is 1. The van der Waals surface area contributed by atoms with Crippen LogP contribution in [-0.4, -0.2) is 54.6 Å². The molecular weight excluding hydrogens is 228 g/mol. The van der Waals surface area contributed by atoms with Crippen molar-refractivity contribution in [1.82, 2.24) is 9.80 Å². The summed E-state index contributed by atoms with van der Waals surface area (Å²) >= 11 is 0. The minimum atomic E-state index is -0.0515. The molecule has 1 saturated heterocycles. The second kappa shape index (κ2) is 5.06. The second-order valence-corrected chi connectivity index (χ2v) is 5.23. The molecule has 0 bridgehead atoms. The van der Waals surface area contributed by atoms with Crippen LogP contribution in [-0.2, 0) is 9.59 Å². The van der Waals surface area contributed by atoms with Crippen molar-refractivity contribution in [3.63, 3.8) is 0 Å². The van der Waals surface area contributed by atoms with Gasteiger partial charge in [0.05, 0.1) is 5.70 Å². The van der Waals surface area contributed by atoms with Gasteiger partial charge in [-0.1, -0.05) is 0 Å². The van der Waals surface area contributed by atoms with E-state index in [1.807, 2.05) is 11.9 Å². The third kappa shape index (κ3) is 2.53. The first-order valence-corrected chi connectivity index (χ1v) is 6.39. The van der Waals surface area contributed by atoms with Crippen molar-refractivity contribution in [1.29, 1.82) is 0 Å². The molecule has 1 heterocycles. The molecule has 1 aliphatic carbocycles. The molecule has 2 rings (SSSR count). The number of carbonyl (C=O) groups is 2. The summed E-state index contributed by atoms with van der Waals surface area (Å²) in [5, 5.41) is 0. The van der Waals surface area contributed by atoms with E-state index in [-0.39, 0.29) is 11.6 Å². The number of ketones is 2. The van der Waals surface area contributed by atoms with Gasteiger partial charge in [0.2, 0.25) is 5.78 Å². The molecule has 2 aliphatic rings. The van der Waals surface area contributed by atoms with Gasteiger partial charge in [-0.3, -0.25) is 9.59 Å². The van der Waals surface area contributed by atoms with E-state index in [9.17, 15) is 9.59 Å². The largest absolute Gasteiger partial charge is 0.368 e. The van der Waals surface area contributed by atoms with Crippen LogP contribution in [0.3, 0.4) is 0 Å². The smallest absolute Gasteiger partial charge is 0.202 e. The fourth-order valence-electron chi connectivity index (χ4n) is 2.51. The van der Waals surface area contributed by atoms with Gasteiger partial charge in [0.1, 0.15) is 0 Å². The topological polar surface area (TPSA) is 40.6 Å². The van der Waals surface area contributed by atoms with E-state index < -0.39 is 0 Å². The van der Waals surface area contributed by atoms with Gasteiger partial charge in [-0.25, -0.2) is 0 Å². The highest BCUT2D eigenvalue weighted by Gasteiger charge is 2.27. The van der Waals surface area contributed by atoms with E-state index >= 15 is 0 Å². The molecule has 18 heavy (non-hydrogen) atoms. The fourth-order valence-corrected chi connectivity index (χ4v) is 2.51. The predicted octanol–water partition coefficient (Wildman–Crippen LogP) is 0.994. The lowest BCUT2D eigenvalue weighted by atomic mass is 9.98. The molecule has 0 saturated carbocycles. The highest BCUT2D eigenvalue weighted by atomic mass is 16.1. The zero-order valence-electron chi connectivity index (χ0n) is 11.3. The Balaban J connectivity index is 2.10. The fraction of sp³-hybridized carbons (Fsp3) is 0.571. The summed E-state index contributed by atoms with van der Waals surface area (Å²) in [7, 11) is 4.03. The maximum atomic E-state index is 11.9. The first-order valence-electron chi connectivity index (χ1n) is 6.39. The molecule has 0 spiro atoms. The molecule has 4 heteroatoms. The highest BCUT2D eigenvalue weighted by molar-refractivity contribution is 6.19. The first kappa shape index (κ1) is 13.0. The first-order chi connectivity index (χ1) is 8.49. The van der Waals surface area contributed by atoms with Gasteiger partial charge in [0, 0.05) is 24.7 Å². The minimum absolute atomic E-state index is 0.0477. The van der Waals surface area contributed by atoms with Crippen molar-refractivity contribution in [3.8, 4) is 0 Å². The van der Waals surface area contributed by atoms with Gasteiger partial charge >= 0.3 is 0 Å². The summed E-state index contributed by atoms with van der Waals surface area (Å²) in [4.78, 5) is 27.9. The third-order valence-corrected chi connectivity index (χ3v) is 3.87. The molecule has 0 amide bonds. The summed E-state index contributed by atoms with van der Waals surface area (Å²) in [5.41, 5.74) is 1.07. The number of hydrogen-bond donors (Lipinski definition) is 0. The van der Waals surface area contributed by atoms with Gasteiger partial charge in [-0.05, 0) is 46.0 Å². The molecule has 98 valence electrons. The summed E-state index contributed by atoms with van der Waals surface area (Å²) in [6.07, 6.45) is 5.00. The van der Waals surface area contributed by atoms with E-state index in [1.54, 1.807) is 6.92 Å². The normalized spacial score (nSPS) is 22.8. The molecule has 1 fully saturated rings. The molecule has 0 N–H and O–H groups in total. The lowest BCUT2D eigenvalue weighted by Gasteiger charge is -2.37. The molecule has 0 aromatic rings. The maximum Gasteiger partial charge on any atom is 0.202 e. The Kier molecular flexibility index (Phi) is 3.66. The summed E-state index contributed by atoms with van der Waals surface area (Å²) in [6.45, 7) is 3.77. The Bertz CT molecular complexity index is 429. The second-order valence-electron chi connectivity index (χ2n) is 5.23. The van der Waals surface area contributed by atoms with E-state index in [2.05, 4.69) is 11.9 Å². The van der Waals surface area contributed by atoms with Crippen LogP contribution in [0.1, 0.15) is 19.8 Å². The van der Waals surface area contributed by atoms with Crippen LogP contribution < -0.4 is 0 Å². The van der Waals surface area contributed by atoms with Crippen molar-refractivity contribution in [2.75, 3.05) is 27.2 Å². The van der Waals surface area contributed by atoms with E-state index in [0.29, 0.717) is 17.3 Å². The molecule has 0 atom stereocenters. The number of likely N-dealkylation sites (tertiary alicyclic amines) is 1. The molecule has 0 radical (unpaired) electrons. The highest BCUT2D eigenvalue weighted by Crippen LogP contribution is 2.21.